The standard InChI is InChI=1S/C17H24BrClN2O2/c1-21(14-5-3-2-4-6-14)11-13-9-12(10-15(18)16(13)20)17(22)23-8-7-19/h9-10,14H,2-8,11,20H2,1H3. The minimum absolute atomic E-state index is 0.208. The predicted octanol–water partition coefficient (Wildman–Crippen LogP) is 4.19. The van der Waals surface area contributed by atoms with E-state index in [9.17, 15) is 4.79 Å². The van der Waals surface area contributed by atoms with Gasteiger partial charge in [-0.2, -0.15) is 0 Å². The molecule has 128 valence electrons. The third kappa shape index (κ3) is 5.10. The zero-order chi connectivity index (χ0) is 16.8. The lowest BCUT2D eigenvalue weighted by Gasteiger charge is -2.31. The number of benzene rings is 1. The summed E-state index contributed by atoms with van der Waals surface area (Å²) in [4.78, 5) is 14.4. The van der Waals surface area contributed by atoms with E-state index >= 15 is 0 Å². The summed E-state index contributed by atoms with van der Waals surface area (Å²) in [6.45, 7) is 0.936. The first-order chi connectivity index (χ1) is 11.0. The summed E-state index contributed by atoms with van der Waals surface area (Å²) in [6, 6.07) is 4.13. The number of nitrogens with zero attached hydrogens (tertiary/aromatic N) is 1. The van der Waals surface area contributed by atoms with Gasteiger partial charge in [-0.05, 0) is 53.5 Å². The van der Waals surface area contributed by atoms with Crippen molar-refractivity contribution in [2.75, 3.05) is 25.3 Å². The van der Waals surface area contributed by atoms with Crippen LogP contribution in [0.25, 0.3) is 0 Å². The van der Waals surface area contributed by atoms with Crippen molar-refractivity contribution in [1.82, 2.24) is 4.90 Å². The van der Waals surface area contributed by atoms with Crippen molar-refractivity contribution in [2.24, 2.45) is 0 Å². The van der Waals surface area contributed by atoms with Gasteiger partial charge in [-0.25, -0.2) is 4.79 Å². The number of carbonyl (C=O) groups is 1. The highest BCUT2D eigenvalue weighted by molar-refractivity contribution is 9.10. The first-order valence-corrected chi connectivity index (χ1v) is 9.37. The van der Waals surface area contributed by atoms with Crippen LogP contribution in [-0.2, 0) is 11.3 Å². The fourth-order valence-corrected chi connectivity index (χ4v) is 3.64. The van der Waals surface area contributed by atoms with Gasteiger partial charge in [0.1, 0.15) is 6.61 Å². The summed E-state index contributed by atoms with van der Waals surface area (Å²) in [5, 5.41) is 0. The van der Waals surface area contributed by atoms with Gasteiger partial charge in [-0.15, -0.1) is 11.6 Å². The zero-order valence-corrected chi connectivity index (χ0v) is 15.8. The molecule has 0 aliphatic heterocycles. The average Bonchev–Trinajstić information content (AvgIpc) is 2.57. The number of esters is 1. The molecule has 1 aliphatic carbocycles. The number of rotatable bonds is 6. The van der Waals surface area contributed by atoms with Crippen LogP contribution in [-0.4, -0.2) is 36.4 Å². The first kappa shape index (κ1) is 18.6. The zero-order valence-electron chi connectivity index (χ0n) is 13.5. The molecular formula is C17H24BrClN2O2. The van der Waals surface area contributed by atoms with Gasteiger partial charge in [0.05, 0.1) is 17.1 Å². The third-order valence-electron chi connectivity index (χ3n) is 4.38. The van der Waals surface area contributed by atoms with Crippen molar-refractivity contribution in [3.05, 3.63) is 27.7 Å². The van der Waals surface area contributed by atoms with Crippen LogP contribution in [0.15, 0.2) is 16.6 Å². The molecule has 0 spiro atoms. The van der Waals surface area contributed by atoms with Gasteiger partial charge in [0.2, 0.25) is 0 Å². The predicted molar refractivity (Wildman–Crippen MR) is 97.9 cm³/mol. The van der Waals surface area contributed by atoms with Crippen molar-refractivity contribution in [3.8, 4) is 0 Å². The highest BCUT2D eigenvalue weighted by Crippen LogP contribution is 2.29. The molecule has 0 radical (unpaired) electrons. The number of halogens is 2. The van der Waals surface area contributed by atoms with Crippen LogP contribution in [0, 0.1) is 0 Å². The number of nitrogens with two attached hydrogens (primary N) is 1. The molecule has 1 aromatic rings. The molecule has 1 fully saturated rings. The van der Waals surface area contributed by atoms with Gasteiger partial charge in [0.25, 0.3) is 0 Å². The maximum absolute atomic E-state index is 12.1. The Balaban J connectivity index is 2.13. The number of hydrogen-bond acceptors (Lipinski definition) is 4. The molecular weight excluding hydrogens is 380 g/mol. The summed E-state index contributed by atoms with van der Waals surface area (Å²) in [5.74, 6) is -0.0768. The van der Waals surface area contributed by atoms with E-state index in [2.05, 4.69) is 27.9 Å². The summed E-state index contributed by atoms with van der Waals surface area (Å²) in [6.07, 6.45) is 6.38. The van der Waals surface area contributed by atoms with E-state index in [4.69, 9.17) is 22.1 Å². The maximum Gasteiger partial charge on any atom is 0.338 e. The minimum atomic E-state index is -0.368. The molecule has 0 aromatic heterocycles. The van der Waals surface area contributed by atoms with Gasteiger partial charge >= 0.3 is 5.97 Å². The van der Waals surface area contributed by atoms with Crippen LogP contribution < -0.4 is 5.73 Å². The third-order valence-corrected chi connectivity index (χ3v) is 5.19. The number of carbonyl (C=O) groups excluding carboxylic acids is 1. The second kappa shape index (κ2) is 8.90. The Morgan fingerprint density at radius 3 is 2.74 bits per heavy atom. The van der Waals surface area contributed by atoms with Gasteiger partial charge in [0.15, 0.2) is 0 Å². The number of anilines is 1. The number of ether oxygens (including phenoxy) is 1. The van der Waals surface area contributed by atoms with E-state index in [-0.39, 0.29) is 12.6 Å². The fourth-order valence-electron chi connectivity index (χ4n) is 3.06. The Bertz CT molecular complexity index is 548. The molecule has 0 amide bonds. The van der Waals surface area contributed by atoms with Crippen LogP contribution in [0.1, 0.15) is 48.0 Å². The van der Waals surface area contributed by atoms with Crippen molar-refractivity contribution in [2.45, 2.75) is 44.7 Å². The lowest BCUT2D eigenvalue weighted by Crippen LogP contribution is -2.33. The maximum atomic E-state index is 12.1. The smallest absolute Gasteiger partial charge is 0.338 e. The molecule has 4 nitrogen and oxygen atoms in total. The molecule has 0 saturated heterocycles. The van der Waals surface area contributed by atoms with E-state index in [1.54, 1.807) is 6.07 Å². The molecule has 0 unspecified atom stereocenters. The number of hydrogen-bond donors (Lipinski definition) is 1. The van der Waals surface area contributed by atoms with Crippen molar-refractivity contribution in [1.29, 1.82) is 0 Å². The van der Waals surface area contributed by atoms with Crippen molar-refractivity contribution >= 4 is 39.2 Å². The van der Waals surface area contributed by atoms with E-state index in [0.717, 1.165) is 16.6 Å². The highest BCUT2D eigenvalue weighted by atomic mass is 79.9. The first-order valence-electron chi connectivity index (χ1n) is 8.04. The number of alkyl halides is 1. The molecule has 2 rings (SSSR count). The van der Waals surface area contributed by atoms with E-state index < -0.39 is 0 Å². The molecule has 1 aromatic carbocycles. The molecule has 2 N–H and O–H groups in total. The average molecular weight is 404 g/mol. The monoisotopic (exact) mass is 402 g/mol. The van der Waals surface area contributed by atoms with Gasteiger partial charge in [-0.3, -0.25) is 4.90 Å². The molecule has 1 saturated carbocycles. The highest BCUT2D eigenvalue weighted by Gasteiger charge is 2.20. The summed E-state index contributed by atoms with van der Waals surface area (Å²) >= 11 is 9.00. The van der Waals surface area contributed by atoms with Crippen LogP contribution in [0.3, 0.4) is 0 Å². The second-order valence-corrected chi connectivity index (χ2v) is 7.30. The van der Waals surface area contributed by atoms with Crippen LogP contribution >= 0.6 is 27.5 Å². The Labute approximate surface area is 151 Å². The van der Waals surface area contributed by atoms with E-state index in [1.165, 1.54) is 32.1 Å². The molecule has 0 heterocycles. The fraction of sp³-hybridized carbons (Fsp3) is 0.588. The molecule has 6 heteroatoms. The van der Waals surface area contributed by atoms with Crippen LogP contribution in [0.5, 0.6) is 0 Å². The Hall–Kier alpha value is -0.780. The van der Waals surface area contributed by atoms with Crippen LogP contribution in [0.2, 0.25) is 0 Å². The SMILES string of the molecule is CN(Cc1cc(C(=O)OCCCl)cc(Br)c1N)C1CCCCC1. The van der Waals surface area contributed by atoms with Gasteiger partial charge in [0, 0.05) is 17.1 Å². The summed E-state index contributed by atoms with van der Waals surface area (Å²) < 4.78 is 5.83. The lowest BCUT2D eigenvalue weighted by atomic mass is 9.94. The Morgan fingerprint density at radius 1 is 1.39 bits per heavy atom. The quantitative estimate of drug-likeness (QED) is 0.439. The van der Waals surface area contributed by atoms with E-state index in [0.29, 0.717) is 23.2 Å². The van der Waals surface area contributed by atoms with E-state index in [1.807, 2.05) is 6.07 Å². The van der Waals surface area contributed by atoms with Crippen molar-refractivity contribution < 1.29 is 9.53 Å². The molecule has 0 bridgehead atoms. The minimum Gasteiger partial charge on any atom is -0.461 e. The second-order valence-electron chi connectivity index (χ2n) is 6.06. The Morgan fingerprint density at radius 2 is 2.09 bits per heavy atom. The van der Waals surface area contributed by atoms with Gasteiger partial charge < -0.3 is 10.5 Å². The van der Waals surface area contributed by atoms with Crippen LogP contribution in [0.4, 0.5) is 5.69 Å². The Kier molecular flexibility index (Phi) is 7.18. The van der Waals surface area contributed by atoms with Crippen molar-refractivity contribution in [3.63, 3.8) is 0 Å². The summed E-state index contributed by atoms with van der Waals surface area (Å²) in [7, 11) is 2.13. The normalized spacial score (nSPS) is 15.8. The molecule has 23 heavy (non-hydrogen) atoms. The molecule has 0 atom stereocenters. The largest absolute Gasteiger partial charge is 0.461 e. The topological polar surface area (TPSA) is 55.6 Å². The molecule has 1 aliphatic rings. The van der Waals surface area contributed by atoms with Gasteiger partial charge in [-0.1, -0.05) is 19.3 Å². The summed E-state index contributed by atoms with van der Waals surface area (Å²) in [5.41, 5.74) is 8.32. The number of nitrogen functional groups attached to an aromatic ring is 1. The lowest BCUT2D eigenvalue weighted by molar-refractivity contribution is 0.0529.